The molecule has 168 valence electrons. The Morgan fingerprint density at radius 1 is 1.06 bits per heavy atom. The van der Waals surface area contributed by atoms with Gasteiger partial charge in [0, 0.05) is 32.3 Å². The summed E-state index contributed by atoms with van der Waals surface area (Å²) in [6, 6.07) is 11.9. The maximum absolute atomic E-state index is 13.7. The molecule has 0 fully saturated rings. The minimum atomic E-state index is -0.538. The number of rotatable bonds is 11. The fourth-order valence-electron chi connectivity index (χ4n) is 2.77. The Kier molecular flexibility index (Phi) is 10.3. The first-order valence-electron chi connectivity index (χ1n) is 10.3. The molecule has 0 spiro atoms. The van der Waals surface area contributed by atoms with E-state index in [1.807, 2.05) is 32.0 Å². The quantitative estimate of drug-likeness (QED) is 0.290. The predicted octanol–water partition coefficient (Wildman–Crippen LogP) is 2.64. The van der Waals surface area contributed by atoms with Crippen molar-refractivity contribution in [3.63, 3.8) is 0 Å². The molecule has 0 unspecified atom stereocenters. The van der Waals surface area contributed by atoms with E-state index in [0.29, 0.717) is 45.4 Å². The molecular weight excluding hydrogens is 399 g/mol. The van der Waals surface area contributed by atoms with Crippen LogP contribution in [0, 0.1) is 12.7 Å². The van der Waals surface area contributed by atoms with Gasteiger partial charge in [-0.15, -0.1) is 0 Å². The van der Waals surface area contributed by atoms with Gasteiger partial charge in [-0.05, 0) is 37.6 Å². The first-order chi connectivity index (χ1) is 15.0. The highest BCUT2D eigenvalue weighted by Gasteiger charge is 2.10. The third-order valence-corrected chi connectivity index (χ3v) is 4.34. The lowest BCUT2D eigenvalue weighted by atomic mass is 10.1. The summed E-state index contributed by atoms with van der Waals surface area (Å²) in [6.45, 7) is 6.86. The number of nitrogens with one attached hydrogen (secondary N) is 3. The van der Waals surface area contributed by atoms with Crippen LogP contribution in [0.5, 0.6) is 5.75 Å². The van der Waals surface area contributed by atoms with Crippen molar-refractivity contribution in [2.24, 2.45) is 4.99 Å². The van der Waals surface area contributed by atoms with Crippen LogP contribution in [0.4, 0.5) is 4.39 Å². The number of carbonyl (C=O) groups excluding carboxylic acids is 1. The Balaban J connectivity index is 1.90. The molecule has 0 heterocycles. The summed E-state index contributed by atoms with van der Waals surface area (Å²) < 4.78 is 24.5. The van der Waals surface area contributed by atoms with Crippen LogP contribution >= 0.6 is 0 Å². The lowest BCUT2D eigenvalue weighted by molar-refractivity contribution is 0.0950. The summed E-state index contributed by atoms with van der Waals surface area (Å²) in [5, 5.41) is 9.03. The number of aliphatic imine (C=N–C) groups is 1. The van der Waals surface area contributed by atoms with E-state index in [1.54, 1.807) is 19.2 Å². The van der Waals surface area contributed by atoms with Crippen LogP contribution in [0.2, 0.25) is 0 Å². The van der Waals surface area contributed by atoms with E-state index in [9.17, 15) is 9.18 Å². The topological polar surface area (TPSA) is 84.0 Å². The van der Waals surface area contributed by atoms with E-state index in [0.717, 1.165) is 16.9 Å². The van der Waals surface area contributed by atoms with Crippen molar-refractivity contribution in [2.75, 3.05) is 40.0 Å². The zero-order valence-electron chi connectivity index (χ0n) is 18.3. The van der Waals surface area contributed by atoms with E-state index in [1.165, 1.54) is 12.1 Å². The smallest absolute Gasteiger partial charge is 0.254 e. The molecule has 0 aromatic heterocycles. The maximum atomic E-state index is 13.7. The summed E-state index contributed by atoms with van der Waals surface area (Å²) in [4.78, 5) is 16.7. The number of halogens is 1. The molecule has 0 radical (unpaired) electrons. The number of guanidine groups is 1. The minimum absolute atomic E-state index is 0.0310. The SMILES string of the molecule is CCNC(=NCc1ccc(C)cc1OCCOC)NCCNC(=O)c1ccccc1F. The van der Waals surface area contributed by atoms with Gasteiger partial charge >= 0.3 is 0 Å². The van der Waals surface area contributed by atoms with Gasteiger partial charge in [0.2, 0.25) is 0 Å². The van der Waals surface area contributed by atoms with Crippen molar-refractivity contribution in [1.82, 2.24) is 16.0 Å². The van der Waals surface area contributed by atoms with Gasteiger partial charge in [0.25, 0.3) is 5.91 Å². The highest BCUT2D eigenvalue weighted by atomic mass is 19.1. The highest BCUT2D eigenvalue weighted by Crippen LogP contribution is 2.21. The second-order valence-corrected chi connectivity index (χ2v) is 6.81. The molecule has 0 aliphatic heterocycles. The van der Waals surface area contributed by atoms with Gasteiger partial charge in [0.05, 0.1) is 18.7 Å². The molecule has 2 aromatic rings. The third-order valence-electron chi connectivity index (χ3n) is 4.34. The van der Waals surface area contributed by atoms with E-state index in [2.05, 4.69) is 20.9 Å². The number of hydrogen-bond donors (Lipinski definition) is 3. The van der Waals surface area contributed by atoms with Crippen molar-refractivity contribution >= 4 is 11.9 Å². The summed E-state index contributed by atoms with van der Waals surface area (Å²) in [5.41, 5.74) is 2.10. The van der Waals surface area contributed by atoms with Gasteiger partial charge in [0.1, 0.15) is 18.2 Å². The average molecular weight is 431 g/mol. The van der Waals surface area contributed by atoms with Crippen LogP contribution in [0.1, 0.15) is 28.4 Å². The van der Waals surface area contributed by atoms with Gasteiger partial charge < -0.3 is 25.4 Å². The summed E-state index contributed by atoms with van der Waals surface area (Å²) in [6.07, 6.45) is 0. The number of amides is 1. The van der Waals surface area contributed by atoms with E-state index in [-0.39, 0.29) is 5.56 Å². The zero-order valence-corrected chi connectivity index (χ0v) is 18.3. The number of benzene rings is 2. The Labute approximate surface area is 183 Å². The van der Waals surface area contributed by atoms with Crippen LogP contribution < -0.4 is 20.7 Å². The fraction of sp³-hybridized carbons (Fsp3) is 0.391. The van der Waals surface area contributed by atoms with Gasteiger partial charge in [-0.25, -0.2) is 9.38 Å². The van der Waals surface area contributed by atoms with Crippen molar-refractivity contribution in [1.29, 1.82) is 0 Å². The largest absolute Gasteiger partial charge is 0.491 e. The predicted molar refractivity (Wildman–Crippen MR) is 120 cm³/mol. The Morgan fingerprint density at radius 3 is 2.58 bits per heavy atom. The van der Waals surface area contributed by atoms with Crippen LogP contribution in [-0.4, -0.2) is 51.8 Å². The lowest BCUT2D eigenvalue weighted by Gasteiger charge is -2.14. The molecule has 0 saturated carbocycles. The maximum Gasteiger partial charge on any atom is 0.254 e. The molecule has 7 nitrogen and oxygen atoms in total. The van der Waals surface area contributed by atoms with Gasteiger partial charge in [-0.2, -0.15) is 0 Å². The van der Waals surface area contributed by atoms with Crippen molar-refractivity contribution in [2.45, 2.75) is 20.4 Å². The van der Waals surface area contributed by atoms with Gasteiger partial charge in [-0.3, -0.25) is 4.79 Å². The number of aryl methyl sites for hydroxylation is 1. The average Bonchev–Trinajstić information content (AvgIpc) is 2.76. The highest BCUT2D eigenvalue weighted by molar-refractivity contribution is 5.94. The van der Waals surface area contributed by atoms with Crippen molar-refractivity contribution in [3.8, 4) is 5.75 Å². The third kappa shape index (κ3) is 8.25. The molecular formula is C23H31FN4O3. The number of nitrogens with zero attached hydrogens (tertiary/aromatic N) is 1. The Bertz CT molecular complexity index is 874. The Morgan fingerprint density at radius 2 is 1.84 bits per heavy atom. The lowest BCUT2D eigenvalue weighted by Crippen LogP contribution is -2.41. The number of ether oxygens (including phenoxy) is 2. The molecule has 0 saturated heterocycles. The van der Waals surface area contributed by atoms with Crippen LogP contribution in [0.25, 0.3) is 0 Å². The molecule has 2 aromatic carbocycles. The summed E-state index contributed by atoms with van der Waals surface area (Å²) in [7, 11) is 1.64. The van der Waals surface area contributed by atoms with Crippen molar-refractivity contribution in [3.05, 3.63) is 65.0 Å². The second kappa shape index (κ2) is 13.2. The molecule has 0 atom stereocenters. The number of hydrogen-bond acceptors (Lipinski definition) is 4. The number of carbonyl (C=O) groups is 1. The fourth-order valence-corrected chi connectivity index (χ4v) is 2.77. The zero-order chi connectivity index (χ0) is 22.5. The van der Waals surface area contributed by atoms with Crippen LogP contribution in [0.3, 0.4) is 0 Å². The van der Waals surface area contributed by atoms with E-state index >= 15 is 0 Å². The van der Waals surface area contributed by atoms with Crippen molar-refractivity contribution < 1.29 is 18.7 Å². The van der Waals surface area contributed by atoms with Crippen LogP contribution in [-0.2, 0) is 11.3 Å². The standard InChI is InChI=1S/C23H31FN4O3/c1-4-25-23(27-12-11-26-22(29)19-7-5-6-8-20(19)24)28-16-18-10-9-17(2)15-21(18)31-14-13-30-3/h5-10,15H,4,11-14,16H2,1-3H3,(H,26,29)(H2,25,27,28). The molecule has 8 heteroatoms. The summed E-state index contributed by atoms with van der Waals surface area (Å²) in [5.74, 6) is 0.420. The van der Waals surface area contributed by atoms with E-state index < -0.39 is 11.7 Å². The van der Waals surface area contributed by atoms with Gasteiger partial charge in [0.15, 0.2) is 5.96 Å². The minimum Gasteiger partial charge on any atom is -0.491 e. The molecule has 3 N–H and O–H groups in total. The molecule has 1 amide bonds. The Hall–Kier alpha value is -3.13. The molecule has 0 aliphatic carbocycles. The monoisotopic (exact) mass is 430 g/mol. The number of methoxy groups -OCH3 is 1. The molecule has 0 bridgehead atoms. The molecule has 0 aliphatic rings. The first kappa shape index (κ1) is 24.1. The van der Waals surface area contributed by atoms with E-state index in [4.69, 9.17) is 9.47 Å². The summed E-state index contributed by atoms with van der Waals surface area (Å²) >= 11 is 0. The first-order valence-corrected chi connectivity index (χ1v) is 10.3. The normalized spacial score (nSPS) is 11.2. The molecule has 31 heavy (non-hydrogen) atoms. The van der Waals surface area contributed by atoms with Crippen LogP contribution in [0.15, 0.2) is 47.5 Å². The second-order valence-electron chi connectivity index (χ2n) is 6.81. The van der Waals surface area contributed by atoms with Gasteiger partial charge in [-0.1, -0.05) is 24.3 Å². The molecule has 2 rings (SSSR count).